The molecule has 6 heteroatoms. The van der Waals surface area contributed by atoms with E-state index in [9.17, 15) is 14.7 Å². The van der Waals surface area contributed by atoms with Gasteiger partial charge in [-0.05, 0) is 12.8 Å². The number of carboxylic acids is 1. The molecule has 0 aromatic carbocycles. The van der Waals surface area contributed by atoms with Crippen LogP contribution in [-0.2, 0) is 14.3 Å². The van der Waals surface area contributed by atoms with E-state index in [1.807, 2.05) is 13.8 Å². The van der Waals surface area contributed by atoms with Crippen molar-refractivity contribution in [3.05, 3.63) is 0 Å². The zero-order chi connectivity index (χ0) is 13.9. The molecule has 104 valence electrons. The molecule has 4 unspecified atom stereocenters. The van der Waals surface area contributed by atoms with E-state index < -0.39 is 23.5 Å². The van der Waals surface area contributed by atoms with Gasteiger partial charge in [0.15, 0.2) is 0 Å². The second-order valence-corrected chi connectivity index (χ2v) is 5.21. The zero-order valence-corrected chi connectivity index (χ0v) is 11.1. The lowest BCUT2D eigenvalue weighted by Gasteiger charge is -2.27. The Bertz CT molecular complexity index is 334. The quantitative estimate of drug-likeness (QED) is 0.642. The number of nitrogens with two attached hydrogens (primary N) is 1. The van der Waals surface area contributed by atoms with Crippen LogP contribution < -0.4 is 11.1 Å². The molecule has 1 heterocycles. The fourth-order valence-electron chi connectivity index (χ4n) is 1.87. The van der Waals surface area contributed by atoms with Crippen LogP contribution in [-0.4, -0.2) is 42.3 Å². The SMILES string of the molecule is CCC(C)C(N)C(=O)NC1COCC1(C)C(=O)O. The second-order valence-electron chi connectivity index (χ2n) is 5.21. The summed E-state index contributed by atoms with van der Waals surface area (Å²) in [6, 6.07) is -1.15. The Morgan fingerprint density at radius 3 is 2.72 bits per heavy atom. The van der Waals surface area contributed by atoms with Gasteiger partial charge in [0.1, 0.15) is 5.41 Å². The Kier molecular flexibility index (Phi) is 4.70. The molecule has 4 N–H and O–H groups in total. The Morgan fingerprint density at radius 2 is 2.22 bits per heavy atom. The molecule has 0 aromatic rings. The maximum atomic E-state index is 11.9. The van der Waals surface area contributed by atoms with Crippen LogP contribution in [0.2, 0.25) is 0 Å². The highest BCUT2D eigenvalue weighted by molar-refractivity contribution is 5.84. The van der Waals surface area contributed by atoms with Crippen LogP contribution in [0.4, 0.5) is 0 Å². The third-order valence-corrected chi connectivity index (χ3v) is 3.82. The van der Waals surface area contributed by atoms with Gasteiger partial charge in [-0.15, -0.1) is 0 Å². The fourth-order valence-corrected chi connectivity index (χ4v) is 1.87. The molecular formula is C12H22N2O4. The summed E-state index contributed by atoms with van der Waals surface area (Å²) >= 11 is 0. The van der Waals surface area contributed by atoms with Crippen molar-refractivity contribution in [3.8, 4) is 0 Å². The Balaban J connectivity index is 2.67. The number of ether oxygens (including phenoxy) is 1. The summed E-state index contributed by atoms with van der Waals surface area (Å²) in [6.45, 7) is 5.74. The molecule has 0 aromatic heterocycles. The third kappa shape index (κ3) is 2.81. The Morgan fingerprint density at radius 1 is 1.61 bits per heavy atom. The molecule has 4 atom stereocenters. The van der Waals surface area contributed by atoms with E-state index in [0.29, 0.717) is 0 Å². The number of hydrogen-bond donors (Lipinski definition) is 3. The molecule has 1 rings (SSSR count). The molecule has 18 heavy (non-hydrogen) atoms. The molecule has 1 aliphatic rings. The average molecular weight is 258 g/mol. The first-order valence-corrected chi connectivity index (χ1v) is 6.20. The third-order valence-electron chi connectivity index (χ3n) is 3.82. The molecule has 0 aliphatic carbocycles. The molecule has 0 radical (unpaired) electrons. The number of carbonyl (C=O) groups excluding carboxylic acids is 1. The predicted octanol–water partition coefficient (Wildman–Crippen LogP) is -0.0343. The summed E-state index contributed by atoms with van der Waals surface area (Å²) < 4.78 is 5.17. The van der Waals surface area contributed by atoms with E-state index in [2.05, 4.69) is 5.32 Å². The summed E-state index contributed by atoms with van der Waals surface area (Å²) in [5, 5.41) is 11.9. The second kappa shape index (κ2) is 5.67. The van der Waals surface area contributed by atoms with Gasteiger partial charge in [-0.1, -0.05) is 20.3 Å². The first-order chi connectivity index (χ1) is 8.32. The first kappa shape index (κ1) is 14.9. The van der Waals surface area contributed by atoms with Crippen LogP contribution in [0.5, 0.6) is 0 Å². The van der Waals surface area contributed by atoms with Gasteiger partial charge in [-0.25, -0.2) is 0 Å². The number of rotatable bonds is 5. The highest BCUT2D eigenvalue weighted by Crippen LogP contribution is 2.28. The van der Waals surface area contributed by atoms with Gasteiger partial charge >= 0.3 is 5.97 Å². The highest BCUT2D eigenvalue weighted by Gasteiger charge is 2.47. The van der Waals surface area contributed by atoms with Crippen molar-refractivity contribution in [2.24, 2.45) is 17.1 Å². The van der Waals surface area contributed by atoms with Gasteiger partial charge < -0.3 is 20.9 Å². The van der Waals surface area contributed by atoms with Crippen molar-refractivity contribution in [2.45, 2.75) is 39.3 Å². The molecule has 1 aliphatic heterocycles. The molecule has 1 amide bonds. The predicted molar refractivity (Wildman–Crippen MR) is 65.9 cm³/mol. The summed E-state index contributed by atoms with van der Waals surface area (Å²) in [7, 11) is 0. The summed E-state index contributed by atoms with van der Waals surface area (Å²) in [5.74, 6) is -1.22. The summed E-state index contributed by atoms with van der Waals surface area (Å²) in [6.07, 6.45) is 0.798. The number of nitrogens with one attached hydrogen (secondary N) is 1. The van der Waals surface area contributed by atoms with E-state index in [1.54, 1.807) is 6.92 Å². The smallest absolute Gasteiger partial charge is 0.313 e. The number of carbonyl (C=O) groups is 2. The van der Waals surface area contributed by atoms with Crippen molar-refractivity contribution < 1.29 is 19.4 Å². The Labute approximate surface area is 107 Å². The largest absolute Gasteiger partial charge is 0.481 e. The first-order valence-electron chi connectivity index (χ1n) is 6.20. The zero-order valence-electron chi connectivity index (χ0n) is 11.1. The minimum absolute atomic E-state index is 0.0587. The lowest BCUT2D eigenvalue weighted by atomic mass is 9.85. The van der Waals surface area contributed by atoms with Crippen LogP contribution in [0.1, 0.15) is 27.2 Å². The van der Waals surface area contributed by atoms with E-state index >= 15 is 0 Å². The lowest BCUT2D eigenvalue weighted by Crippen LogP contribution is -2.54. The van der Waals surface area contributed by atoms with Crippen molar-refractivity contribution in [1.82, 2.24) is 5.32 Å². The van der Waals surface area contributed by atoms with Crippen LogP contribution in [0.15, 0.2) is 0 Å². The number of hydrogen-bond acceptors (Lipinski definition) is 4. The number of aliphatic carboxylic acids is 1. The molecule has 1 fully saturated rings. The van der Waals surface area contributed by atoms with E-state index in [-0.39, 0.29) is 25.0 Å². The molecular weight excluding hydrogens is 236 g/mol. The topological polar surface area (TPSA) is 102 Å². The number of amides is 1. The van der Waals surface area contributed by atoms with Gasteiger partial charge in [0.2, 0.25) is 5.91 Å². The van der Waals surface area contributed by atoms with Crippen LogP contribution in [0, 0.1) is 11.3 Å². The van der Waals surface area contributed by atoms with Gasteiger partial charge in [-0.2, -0.15) is 0 Å². The molecule has 0 saturated carbocycles. The lowest BCUT2D eigenvalue weighted by molar-refractivity contribution is -0.149. The minimum atomic E-state index is -1.08. The monoisotopic (exact) mass is 258 g/mol. The maximum absolute atomic E-state index is 11.9. The average Bonchev–Trinajstić information content (AvgIpc) is 2.70. The normalized spacial score (nSPS) is 30.8. The summed E-state index contributed by atoms with van der Waals surface area (Å²) in [5.41, 5.74) is 4.74. The standard InChI is InChI=1S/C12H22N2O4/c1-4-7(2)9(13)10(15)14-8-5-18-6-12(8,3)11(16)17/h7-9H,4-6,13H2,1-3H3,(H,14,15)(H,16,17). The van der Waals surface area contributed by atoms with Gasteiger partial charge in [-0.3, -0.25) is 9.59 Å². The van der Waals surface area contributed by atoms with Crippen LogP contribution in [0.25, 0.3) is 0 Å². The van der Waals surface area contributed by atoms with Gasteiger partial charge in [0.05, 0.1) is 25.3 Å². The minimum Gasteiger partial charge on any atom is -0.481 e. The molecule has 1 saturated heterocycles. The van der Waals surface area contributed by atoms with Crippen LogP contribution in [0.3, 0.4) is 0 Å². The molecule has 0 spiro atoms. The van der Waals surface area contributed by atoms with Crippen molar-refractivity contribution in [3.63, 3.8) is 0 Å². The van der Waals surface area contributed by atoms with Gasteiger partial charge in [0.25, 0.3) is 0 Å². The van der Waals surface area contributed by atoms with Crippen LogP contribution >= 0.6 is 0 Å². The fraction of sp³-hybridized carbons (Fsp3) is 0.833. The molecule has 0 bridgehead atoms. The Hall–Kier alpha value is -1.14. The van der Waals surface area contributed by atoms with Crippen molar-refractivity contribution >= 4 is 11.9 Å². The van der Waals surface area contributed by atoms with Crippen molar-refractivity contribution in [1.29, 1.82) is 0 Å². The summed E-state index contributed by atoms with van der Waals surface area (Å²) in [4.78, 5) is 23.1. The van der Waals surface area contributed by atoms with Crippen molar-refractivity contribution in [2.75, 3.05) is 13.2 Å². The van der Waals surface area contributed by atoms with E-state index in [4.69, 9.17) is 10.5 Å². The van der Waals surface area contributed by atoms with E-state index in [0.717, 1.165) is 6.42 Å². The number of carboxylic acid groups (broad SMARTS) is 1. The maximum Gasteiger partial charge on any atom is 0.313 e. The van der Waals surface area contributed by atoms with E-state index in [1.165, 1.54) is 0 Å². The highest BCUT2D eigenvalue weighted by atomic mass is 16.5. The van der Waals surface area contributed by atoms with Gasteiger partial charge in [0, 0.05) is 0 Å². The molecule has 6 nitrogen and oxygen atoms in total.